The highest BCUT2D eigenvalue weighted by Gasteiger charge is 2.70. The third-order valence-corrected chi connectivity index (χ3v) is 12.3. The van der Waals surface area contributed by atoms with Crippen LogP contribution in [0.4, 0.5) is 19.0 Å². The molecule has 5 aliphatic rings. The van der Waals surface area contributed by atoms with Gasteiger partial charge in [0.15, 0.2) is 5.82 Å². The highest BCUT2D eigenvalue weighted by atomic mass is 19.3. The molecule has 2 atom stereocenters. The van der Waals surface area contributed by atoms with Crippen LogP contribution < -0.4 is 15.0 Å². The average molecular weight is 693 g/mol. The molecule has 5 fully saturated rings. The first kappa shape index (κ1) is 32.3. The first-order valence-corrected chi connectivity index (χ1v) is 17.9. The number of hydrogen-bond acceptors (Lipinski definition) is 8. The second-order valence-corrected chi connectivity index (χ2v) is 15.7. The van der Waals surface area contributed by atoms with Gasteiger partial charge in [0.1, 0.15) is 17.1 Å². The van der Waals surface area contributed by atoms with Crippen molar-refractivity contribution in [3.8, 4) is 41.3 Å². The van der Waals surface area contributed by atoms with Gasteiger partial charge in [-0.2, -0.15) is 15.2 Å². The van der Waals surface area contributed by atoms with E-state index in [1.165, 1.54) is 6.07 Å². The number of aryl methyl sites for hydroxylation is 1. The van der Waals surface area contributed by atoms with Gasteiger partial charge in [0.2, 0.25) is 0 Å². The number of fused-ring (bicyclic) bond motifs is 4. The van der Waals surface area contributed by atoms with E-state index in [9.17, 15) is 19.1 Å². The lowest BCUT2D eigenvalue weighted by molar-refractivity contribution is 0.0252. The molecule has 0 amide bonds. The van der Waals surface area contributed by atoms with Crippen molar-refractivity contribution in [2.24, 2.45) is 10.8 Å². The zero-order valence-electron chi connectivity index (χ0n) is 28.5. The van der Waals surface area contributed by atoms with Crippen LogP contribution in [-0.2, 0) is 0 Å². The number of aromatic hydroxyl groups is 1. The number of nitriles is 1. The number of alkyl halides is 2. The molecule has 1 spiro atoms. The van der Waals surface area contributed by atoms with Crippen molar-refractivity contribution in [3.05, 3.63) is 52.8 Å². The second kappa shape index (κ2) is 11.5. The molecule has 2 unspecified atom stereocenters. The Morgan fingerprint density at radius 2 is 1.80 bits per heavy atom. The Morgan fingerprint density at radius 1 is 1.08 bits per heavy atom. The van der Waals surface area contributed by atoms with Gasteiger partial charge >= 0.3 is 6.01 Å². The van der Waals surface area contributed by atoms with Crippen LogP contribution >= 0.6 is 0 Å². The van der Waals surface area contributed by atoms with E-state index in [-0.39, 0.29) is 52.3 Å². The molecule has 8 nitrogen and oxygen atoms in total. The van der Waals surface area contributed by atoms with E-state index in [4.69, 9.17) is 16.1 Å². The number of piperidine rings is 1. The van der Waals surface area contributed by atoms with Crippen molar-refractivity contribution in [1.29, 1.82) is 5.26 Å². The minimum absolute atomic E-state index is 0.00625. The van der Waals surface area contributed by atoms with Crippen LogP contribution in [0, 0.1) is 47.2 Å². The largest absolute Gasteiger partial charge is 0.508 e. The summed E-state index contributed by atoms with van der Waals surface area (Å²) in [6.45, 7) is 5.61. The zero-order chi connectivity index (χ0) is 35.3. The van der Waals surface area contributed by atoms with Crippen molar-refractivity contribution in [3.63, 3.8) is 0 Å². The van der Waals surface area contributed by atoms with Crippen LogP contribution in [0.15, 0.2) is 30.3 Å². The number of nitrogens with one attached hydrogen (secondary N) is 1. The van der Waals surface area contributed by atoms with Crippen molar-refractivity contribution >= 4 is 27.5 Å². The molecule has 51 heavy (non-hydrogen) atoms. The summed E-state index contributed by atoms with van der Waals surface area (Å²) in [5.41, 5.74) is 0.858. The Bertz CT molecular complexity index is 2190. The number of phenolic OH excluding ortho intramolecular Hbond substituents is 1. The molecule has 2 aliphatic carbocycles. The van der Waals surface area contributed by atoms with Gasteiger partial charge in [0, 0.05) is 70.9 Å². The number of ether oxygens (including phenoxy) is 1. The van der Waals surface area contributed by atoms with Crippen LogP contribution in [0.5, 0.6) is 11.8 Å². The number of nitrogens with zero attached hydrogens (tertiary/aromatic N) is 5. The zero-order valence-corrected chi connectivity index (χ0v) is 28.5. The van der Waals surface area contributed by atoms with Crippen molar-refractivity contribution < 1.29 is 23.0 Å². The van der Waals surface area contributed by atoms with E-state index in [0.717, 1.165) is 37.8 Å². The Morgan fingerprint density at radius 3 is 2.45 bits per heavy atom. The molecule has 4 heterocycles. The molecule has 2 bridgehead atoms. The van der Waals surface area contributed by atoms with E-state index in [1.807, 2.05) is 19.1 Å². The monoisotopic (exact) mass is 692 g/mol. The van der Waals surface area contributed by atoms with Gasteiger partial charge in [-0.15, -0.1) is 6.42 Å². The molecular weight excluding hydrogens is 653 g/mol. The lowest BCUT2D eigenvalue weighted by Gasteiger charge is -2.35. The minimum Gasteiger partial charge on any atom is -0.508 e. The number of piperazine rings is 1. The van der Waals surface area contributed by atoms with Gasteiger partial charge in [-0.3, -0.25) is 0 Å². The SMILES string of the molecule is C#Cc1c(C)ccc2cc(O)cc(-c3c(C#N)cc4c(N5CC6CCC(C5)N6)nc(OCC5(CN6CCC7(CC6)CC7(F)F)CC5)nc4c3F)c12. The number of phenols is 1. The number of terminal acetylenes is 1. The Kier molecular flexibility index (Phi) is 7.27. The summed E-state index contributed by atoms with van der Waals surface area (Å²) >= 11 is 0. The molecular formula is C40H39F3N6O2. The van der Waals surface area contributed by atoms with Crippen molar-refractivity contribution in [2.45, 2.75) is 69.9 Å². The molecule has 1 aromatic heterocycles. The van der Waals surface area contributed by atoms with Gasteiger partial charge < -0.3 is 25.0 Å². The lowest BCUT2D eigenvalue weighted by Crippen LogP contribution is -2.51. The number of anilines is 1. The van der Waals surface area contributed by atoms with Gasteiger partial charge in [0.05, 0.1) is 18.2 Å². The molecule has 4 aromatic rings. The van der Waals surface area contributed by atoms with E-state index in [1.54, 1.807) is 12.1 Å². The minimum atomic E-state index is -2.52. The molecule has 3 aromatic carbocycles. The molecule has 0 radical (unpaired) electrons. The summed E-state index contributed by atoms with van der Waals surface area (Å²) in [4.78, 5) is 14.0. The summed E-state index contributed by atoms with van der Waals surface area (Å²) < 4.78 is 51.6. The van der Waals surface area contributed by atoms with Crippen molar-refractivity contribution in [1.82, 2.24) is 20.2 Å². The number of halogens is 3. The topological polar surface area (TPSA) is 97.5 Å². The normalized spacial score (nSPS) is 24.1. The number of hydrogen-bond donors (Lipinski definition) is 2. The van der Waals surface area contributed by atoms with Gasteiger partial charge in [-0.1, -0.05) is 18.1 Å². The fraction of sp³-hybridized carbons (Fsp3) is 0.475. The van der Waals surface area contributed by atoms with Crippen LogP contribution in [0.25, 0.3) is 32.8 Å². The summed E-state index contributed by atoms with van der Waals surface area (Å²) in [5.74, 6) is -0.0646. The first-order chi connectivity index (χ1) is 24.5. The smallest absolute Gasteiger partial charge is 0.319 e. The molecule has 3 aliphatic heterocycles. The summed E-state index contributed by atoms with van der Waals surface area (Å²) in [7, 11) is 0. The Hall–Kier alpha value is -4.58. The summed E-state index contributed by atoms with van der Waals surface area (Å²) in [5, 5.41) is 26.5. The lowest BCUT2D eigenvalue weighted by atomic mass is 9.89. The van der Waals surface area contributed by atoms with E-state index in [0.29, 0.717) is 78.7 Å². The van der Waals surface area contributed by atoms with Gasteiger partial charge in [0.25, 0.3) is 5.92 Å². The van der Waals surface area contributed by atoms with Crippen molar-refractivity contribution in [2.75, 3.05) is 44.2 Å². The Labute approximate surface area is 294 Å². The number of rotatable bonds is 7. The Balaban J connectivity index is 1.11. The first-order valence-electron chi connectivity index (χ1n) is 17.9. The third kappa shape index (κ3) is 5.36. The van der Waals surface area contributed by atoms with Gasteiger partial charge in [-0.25, -0.2) is 13.2 Å². The van der Waals surface area contributed by atoms with Crippen LogP contribution in [0.1, 0.15) is 61.6 Å². The maximum absolute atomic E-state index is 17.3. The van der Waals surface area contributed by atoms with Gasteiger partial charge in [-0.05, 0) is 93.3 Å². The quantitative estimate of drug-likeness (QED) is 0.207. The van der Waals surface area contributed by atoms with E-state index >= 15 is 4.39 Å². The second-order valence-electron chi connectivity index (χ2n) is 15.7. The average Bonchev–Trinajstić information content (AvgIpc) is 3.96. The molecule has 3 saturated heterocycles. The maximum Gasteiger partial charge on any atom is 0.319 e. The fourth-order valence-electron chi connectivity index (χ4n) is 9.03. The molecule has 11 heteroatoms. The molecule has 9 rings (SSSR count). The van der Waals surface area contributed by atoms with E-state index in [2.05, 4.69) is 32.1 Å². The fourth-order valence-corrected chi connectivity index (χ4v) is 9.03. The molecule has 2 N–H and O–H groups in total. The molecule has 262 valence electrons. The van der Waals surface area contributed by atoms with Crippen LogP contribution in [0.2, 0.25) is 0 Å². The van der Waals surface area contributed by atoms with Crippen LogP contribution in [-0.4, -0.2) is 77.3 Å². The van der Waals surface area contributed by atoms with Crippen LogP contribution in [0.3, 0.4) is 0 Å². The summed E-state index contributed by atoms with van der Waals surface area (Å²) in [6.07, 6.45) is 11.0. The highest BCUT2D eigenvalue weighted by Crippen LogP contribution is 2.66. The number of benzene rings is 3. The third-order valence-electron chi connectivity index (χ3n) is 12.3. The predicted octanol–water partition coefficient (Wildman–Crippen LogP) is 6.68. The van der Waals surface area contributed by atoms with E-state index < -0.39 is 17.2 Å². The number of likely N-dealkylation sites (tertiary alicyclic amines) is 1. The summed E-state index contributed by atoms with van der Waals surface area (Å²) in [6, 6.07) is 11.2. The molecule has 2 saturated carbocycles. The standard InChI is InChI=1S/C40H39F3N6O2/c1-3-29-23(2)4-5-24-14-28(50)16-30(32(24)29)33-25(17-44)15-31-35(34(33)41)46-37(47-36(31)49-18-26-6-7-27(19-49)45-26)51-22-38(8-9-38)21-48-12-10-39(11-13-48)20-40(39,42)43/h1,4-5,14-16,26-27,45,50H,6-13,18-22H2,2H3. The predicted molar refractivity (Wildman–Crippen MR) is 188 cm³/mol. The maximum atomic E-state index is 17.3. The number of aromatic nitrogens is 2. The highest BCUT2D eigenvalue weighted by molar-refractivity contribution is 6.06.